The molecule has 0 aliphatic rings. The highest BCUT2D eigenvalue weighted by molar-refractivity contribution is 5.82. The van der Waals surface area contributed by atoms with Gasteiger partial charge in [-0.1, -0.05) is 30.0 Å². The predicted octanol–water partition coefficient (Wildman–Crippen LogP) is 1.09. The molecule has 0 unspecified atom stereocenters. The molecule has 0 heterocycles. The number of carbonyl (C=O) groups is 1. The Morgan fingerprint density at radius 1 is 1.40 bits per heavy atom. The van der Waals surface area contributed by atoms with Gasteiger partial charge >= 0.3 is 5.97 Å². The zero-order chi connectivity index (χ0) is 10.9. The lowest BCUT2D eigenvalue weighted by atomic mass is 10.2. The molecule has 0 spiro atoms. The zero-order valence-electron chi connectivity index (χ0n) is 8.01. The molecule has 1 N–H and O–H groups in total. The van der Waals surface area contributed by atoms with E-state index in [9.17, 15) is 4.79 Å². The van der Waals surface area contributed by atoms with E-state index in [1.807, 2.05) is 30.3 Å². The first-order valence-corrected chi connectivity index (χ1v) is 4.33. The van der Waals surface area contributed by atoms with Gasteiger partial charge in [0.1, 0.15) is 0 Å². The van der Waals surface area contributed by atoms with Gasteiger partial charge in [0, 0.05) is 11.6 Å². The lowest BCUT2D eigenvalue weighted by Crippen LogP contribution is -2.00. The standard InChI is InChI=1S/C12H10O3/c13-10-15-12(14)9-5-4-8-11-6-2-1-3-7-11/h1-3,5-7,9,13H,10H2/b9-5+. The number of aliphatic hydroxyl groups excluding tert-OH is 1. The maximum Gasteiger partial charge on any atom is 0.333 e. The zero-order valence-corrected chi connectivity index (χ0v) is 8.01. The van der Waals surface area contributed by atoms with Gasteiger partial charge in [-0.2, -0.15) is 0 Å². The molecule has 0 bridgehead atoms. The van der Waals surface area contributed by atoms with Crippen LogP contribution in [0.5, 0.6) is 0 Å². The second-order valence-corrected chi connectivity index (χ2v) is 2.56. The molecule has 0 aliphatic carbocycles. The van der Waals surface area contributed by atoms with Crippen LogP contribution in [0.4, 0.5) is 0 Å². The quantitative estimate of drug-likeness (QED) is 0.338. The van der Waals surface area contributed by atoms with Crippen LogP contribution in [0.25, 0.3) is 0 Å². The van der Waals surface area contributed by atoms with Gasteiger partial charge in [0.15, 0.2) is 6.79 Å². The predicted molar refractivity (Wildman–Crippen MR) is 55.6 cm³/mol. The van der Waals surface area contributed by atoms with Crippen LogP contribution in [0, 0.1) is 11.8 Å². The van der Waals surface area contributed by atoms with E-state index >= 15 is 0 Å². The topological polar surface area (TPSA) is 46.5 Å². The average molecular weight is 202 g/mol. The van der Waals surface area contributed by atoms with E-state index < -0.39 is 12.8 Å². The Balaban J connectivity index is 2.50. The van der Waals surface area contributed by atoms with Crippen molar-refractivity contribution in [1.29, 1.82) is 0 Å². The van der Waals surface area contributed by atoms with Crippen molar-refractivity contribution >= 4 is 5.97 Å². The van der Waals surface area contributed by atoms with Crippen molar-refractivity contribution in [2.75, 3.05) is 6.79 Å². The average Bonchev–Trinajstić information content (AvgIpc) is 2.26. The van der Waals surface area contributed by atoms with Gasteiger partial charge in [-0.25, -0.2) is 4.79 Å². The van der Waals surface area contributed by atoms with E-state index in [2.05, 4.69) is 16.6 Å². The highest BCUT2D eigenvalue weighted by Gasteiger charge is 1.90. The summed E-state index contributed by atoms with van der Waals surface area (Å²) in [6.07, 6.45) is 2.54. The number of rotatable bonds is 2. The fraction of sp³-hybridized carbons (Fsp3) is 0.0833. The Morgan fingerprint density at radius 2 is 2.13 bits per heavy atom. The Morgan fingerprint density at radius 3 is 2.80 bits per heavy atom. The minimum atomic E-state index is -0.616. The van der Waals surface area contributed by atoms with Crippen LogP contribution in [0.2, 0.25) is 0 Å². The van der Waals surface area contributed by atoms with Crippen molar-refractivity contribution < 1.29 is 14.6 Å². The van der Waals surface area contributed by atoms with Crippen molar-refractivity contribution in [2.45, 2.75) is 0 Å². The Hall–Kier alpha value is -2.05. The minimum Gasteiger partial charge on any atom is -0.436 e. The van der Waals surface area contributed by atoms with Gasteiger partial charge < -0.3 is 9.84 Å². The molecule has 0 aliphatic heterocycles. The second-order valence-electron chi connectivity index (χ2n) is 2.56. The van der Waals surface area contributed by atoms with Crippen LogP contribution < -0.4 is 0 Å². The number of aliphatic hydroxyl groups is 1. The van der Waals surface area contributed by atoms with Gasteiger partial charge in [0.25, 0.3) is 0 Å². The van der Waals surface area contributed by atoms with Gasteiger partial charge in [0.2, 0.25) is 0 Å². The Bertz CT molecular complexity index is 396. The Labute approximate surface area is 88.0 Å². The van der Waals surface area contributed by atoms with Gasteiger partial charge in [-0.05, 0) is 18.2 Å². The second kappa shape index (κ2) is 6.41. The smallest absolute Gasteiger partial charge is 0.333 e. The summed E-state index contributed by atoms with van der Waals surface area (Å²) in [4.78, 5) is 10.7. The molecule has 1 aromatic rings. The van der Waals surface area contributed by atoms with Crippen LogP contribution in [-0.2, 0) is 9.53 Å². The molecule has 0 saturated heterocycles. The maximum absolute atomic E-state index is 10.7. The van der Waals surface area contributed by atoms with Gasteiger partial charge in [-0.15, -0.1) is 0 Å². The van der Waals surface area contributed by atoms with Crippen LogP contribution in [0.1, 0.15) is 5.56 Å². The largest absolute Gasteiger partial charge is 0.436 e. The molecule has 0 amide bonds. The van der Waals surface area contributed by atoms with Crippen LogP contribution in [0.15, 0.2) is 42.5 Å². The van der Waals surface area contributed by atoms with Crippen molar-refractivity contribution in [1.82, 2.24) is 0 Å². The molecule has 0 saturated carbocycles. The molecular weight excluding hydrogens is 192 g/mol. The fourth-order valence-corrected chi connectivity index (χ4v) is 0.868. The van der Waals surface area contributed by atoms with Crippen LogP contribution in [0.3, 0.4) is 0 Å². The SMILES string of the molecule is O=C(/C=C/C#Cc1ccccc1)OCO. The van der Waals surface area contributed by atoms with Crippen molar-refractivity contribution in [3.8, 4) is 11.8 Å². The van der Waals surface area contributed by atoms with Crippen molar-refractivity contribution in [3.63, 3.8) is 0 Å². The first-order valence-electron chi connectivity index (χ1n) is 4.33. The highest BCUT2D eigenvalue weighted by Crippen LogP contribution is 1.94. The third-order valence-electron chi connectivity index (χ3n) is 1.50. The van der Waals surface area contributed by atoms with E-state index in [4.69, 9.17) is 5.11 Å². The van der Waals surface area contributed by atoms with Crippen LogP contribution in [-0.4, -0.2) is 17.9 Å². The number of hydrogen-bond donors (Lipinski definition) is 1. The molecule has 0 fully saturated rings. The van der Waals surface area contributed by atoms with Gasteiger partial charge in [-0.3, -0.25) is 0 Å². The fourth-order valence-electron chi connectivity index (χ4n) is 0.868. The molecule has 0 radical (unpaired) electrons. The maximum atomic E-state index is 10.7. The van der Waals surface area contributed by atoms with Crippen LogP contribution >= 0.6 is 0 Å². The molecule has 3 nitrogen and oxygen atoms in total. The summed E-state index contributed by atoms with van der Waals surface area (Å²) in [7, 11) is 0. The summed E-state index contributed by atoms with van der Waals surface area (Å²) in [6.45, 7) is -0.616. The summed E-state index contributed by atoms with van der Waals surface area (Å²) in [5, 5.41) is 8.26. The molecule has 76 valence electrons. The number of allylic oxidation sites excluding steroid dienone is 1. The first-order chi connectivity index (χ1) is 7.33. The lowest BCUT2D eigenvalue weighted by molar-refractivity contribution is -0.145. The monoisotopic (exact) mass is 202 g/mol. The molecule has 0 atom stereocenters. The molecule has 0 aromatic heterocycles. The normalized spacial score (nSPS) is 9.40. The van der Waals surface area contributed by atoms with Crippen molar-refractivity contribution in [2.24, 2.45) is 0 Å². The summed E-state index contributed by atoms with van der Waals surface area (Å²) in [5.41, 5.74) is 0.873. The van der Waals surface area contributed by atoms with E-state index in [0.29, 0.717) is 0 Å². The number of esters is 1. The van der Waals surface area contributed by atoms with Crippen molar-refractivity contribution in [3.05, 3.63) is 48.0 Å². The summed E-state index contributed by atoms with van der Waals surface area (Å²) < 4.78 is 4.26. The number of benzene rings is 1. The third-order valence-corrected chi connectivity index (χ3v) is 1.50. The molecular formula is C12H10O3. The van der Waals surface area contributed by atoms with E-state index in [0.717, 1.165) is 11.6 Å². The number of ether oxygens (including phenoxy) is 1. The lowest BCUT2D eigenvalue weighted by Gasteiger charge is -1.91. The van der Waals surface area contributed by atoms with E-state index in [1.165, 1.54) is 6.08 Å². The number of hydrogen-bond acceptors (Lipinski definition) is 3. The molecule has 15 heavy (non-hydrogen) atoms. The summed E-state index contributed by atoms with van der Waals surface area (Å²) in [6, 6.07) is 9.40. The first kappa shape index (κ1) is 11.0. The Kier molecular flexibility index (Phi) is 4.71. The van der Waals surface area contributed by atoms with Gasteiger partial charge in [0.05, 0.1) is 0 Å². The molecule has 1 rings (SSSR count). The minimum absolute atomic E-state index is 0.611. The molecule has 3 heteroatoms. The number of carbonyl (C=O) groups excluding carboxylic acids is 1. The highest BCUT2D eigenvalue weighted by atomic mass is 16.6. The summed E-state index contributed by atoms with van der Waals surface area (Å²) in [5.74, 6) is 4.90. The third kappa shape index (κ3) is 4.65. The van der Waals surface area contributed by atoms with E-state index in [1.54, 1.807) is 0 Å². The summed E-state index contributed by atoms with van der Waals surface area (Å²) >= 11 is 0. The van der Waals surface area contributed by atoms with E-state index in [-0.39, 0.29) is 0 Å². The molecule has 1 aromatic carbocycles.